The number of anilines is 2. The van der Waals surface area contributed by atoms with E-state index in [2.05, 4.69) is 55.7 Å². The van der Waals surface area contributed by atoms with Gasteiger partial charge in [0.1, 0.15) is 9.52 Å². The smallest absolute Gasteiger partial charge is 0.186 e. The van der Waals surface area contributed by atoms with Gasteiger partial charge in [-0.2, -0.15) is 5.10 Å². The van der Waals surface area contributed by atoms with Gasteiger partial charge in [-0.05, 0) is 48.3 Å². The van der Waals surface area contributed by atoms with E-state index in [4.69, 9.17) is 14.5 Å². The van der Waals surface area contributed by atoms with Crippen molar-refractivity contribution in [2.75, 3.05) is 43.3 Å². The molecule has 0 amide bonds. The number of rotatable bonds is 3. The second-order valence-corrected chi connectivity index (χ2v) is 8.63. The van der Waals surface area contributed by atoms with Crippen molar-refractivity contribution in [3.05, 3.63) is 9.77 Å². The lowest BCUT2D eigenvalue weighted by Gasteiger charge is -2.37. The third-order valence-corrected chi connectivity index (χ3v) is 6.79. The predicted molar refractivity (Wildman–Crippen MR) is 109 cm³/mol. The third-order valence-electron chi connectivity index (χ3n) is 6.01. The molecule has 3 atom stereocenters. The number of hydrogen-bond acceptors (Lipinski definition) is 6. The van der Waals surface area contributed by atoms with Crippen LogP contribution in [0.25, 0.3) is 11.0 Å². The van der Waals surface area contributed by atoms with Crippen LogP contribution in [0.3, 0.4) is 0 Å². The van der Waals surface area contributed by atoms with E-state index in [1.807, 2.05) is 0 Å². The van der Waals surface area contributed by atoms with E-state index in [0.29, 0.717) is 18.1 Å². The molecule has 5 heterocycles. The second-order valence-electron chi connectivity index (χ2n) is 7.55. The number of aromatic nitrogens is 3. The molecule has 5 rings (SSSR count). The average Bonchev–Trinajstić information content (AvgIpc) is 3.17. The molecule has 3 aliphatic heterocycles. The van der Waals surface area contributed by atoms with Crippen molar-refractivity contribution in [3.63, 3.8) is 0 Å². The first-order valence-corrected chi connectivity index (χ1v) is 10.5. The summed E-state index contributed by atoms with van der Waals surface area (Å²) in [7, 11) is 2.18. The minimum atomic E-state index is 0.398. The van der Waals surface area contributed by atoms with Gasteiger partial charge in [0, 0.05) is 19.7 Å². The number of hydrogen-bond donors (Lipinski definition) is 1. The van der Waals surface area contributed by atoms with Crippen LogP contribution in [0.1, 0.15) is 25.7 Å². The fourth-order valence-corrected chi connectivity index (χ4v) is 5.23. The van der Waals surface area contributed by atoms with E-state index in [1.165, 1.54) is 18.5 Å². The molecule has 1 N–H and O–H groups in total. The number of H-pyrrole nitrogens is 1. The molecule has 7 nitrogen and oxygen atoms in total. The predicted octanol–water partition coefficient (Wildman–Crippen LogP) is 2.55. The van der Waals surface area contributed by atoms with Crippen LogP contribution in [0.4, 0.5) is 11.5 Å². The summed E-state index contributed by atoms with van der Waals surface area (Å²) < 4.78 is 12.5. The lowest BCUT2D eigenvalue weighted by atomic mass is 10.1. The second kappa shape index (κ2) is 6.79. The Kier molecular flexibility index (Phi) is 4.44. The number of morpholine rings is 1. The number of pyridine rings is 1. The summed E-state index contributed by atoms with van der Waals surface area (Å²) in [6.07, 6.45) is 4.65. The standard InChI is InChI=1S/C18H24IN5O2/c1-23(11-3-2-6-25-8-11)14-7-15(20-18-16(14)17(19)21-22-18)24-12-4-5-13(24)10-26-9-12/h7,11-13H,2-6,8-10H2,1H3,(H,20,21,22). The van der Waals surface area contributed by atoms with Crippen molar-refractivity contribution in [1.29, 1.82) is 0 Å². The lowest BCUT2D eigenvalue weighted by molar-refractivity contribution is 0.0807. The fourth-order valence-electron chi connectivity index (χ4n) is 4.59. The molecular weight excluding hydrogens is 445 g/mol. The highest BCUT2D eigenvalue weighted by atomic mass is 127. The van der Waals surface area contributed by atoms with Gasteiger partial charge in [-0.25, -0.2) is 4.98 Å². The number of nitrogens with one attached hydrogen (secondary N) is 1. The molecule has 0 spiro atoms. The van der Waals surface area contributed by atoms with Crippen molar-refractivity contribution < 1.29 is 9.47 Å². The van der Waals surface area contributed by atoms with Gasteiger partial charge >= 0.3 is 0 Å². The van der Waals surface area contributed by atoms with E-state index in [1.54, 1.807) is 0 Å². The molecule has 3 fully saturated rings. The Balaban J connectivity index is 1.58. The van der Waals surface area contributed by atoms with Crippen LogP contribution in [0, 0.1) is 3.70 Å². The topological polar surface area (TPSA) is 66.5 Å². The number of nitrogens with zero attached hydrogens (tertiary/aromatic N) is 4. The number of halogens is 1. The summed E-state index contributed by atoms with van der Waals surface area (Å²) in [5, 5.41) is 8.70. The number of fused-ring (bicyclic) bond motifs is 3. The van der Waals surface area contributed by atoms with Crippen LogP contribution in [-0.2, 0) is 9.47 Å². The molecule has 140 valence electrons. The van der Waals surface area contributed by atoms with Crippen LogP contribution in [0.2, 0.25) is 0 Å². The van der Waals surface area contributed by atoms with Crippen molar-refractivity contribution in [2.24, 2.45) is 0 Å². The Bertz CT molecular complexity index is 790. The van der Waals surface area contributed by atoms with Crippen LogP contribution in [-0.4, -0.2) is 66.8 Å². The Labute approximate surface area is 166 Å². The molecule has 8 heteroatoms. The van der Waals surface area contributed by atoms with Crippen molar-refractivity contribution >= 4 is 45.1 Å². The van der Waals surface area contributed by atoms with Crippen LogP contribution >= 0.6 is 22.6 Å². The van der Waals surface area contributed by atoms with Gasteiger partial charge in [0.15, 0.2) is 5.65 Å². The minimum Gasteiger partial charge on any atom is -0.379 e. The molecule has 2 aromatic rings. The molecule has 0 aliphatic carbocycles. The van der Waals surface area contributed by atoms with Gasteiger partial charge in [-0.3, -0.25) is 5.10 Å². The van der Waals surface area contributed by atoms with Crippen LogP contribution in [0.15, 0.2) is 6.07 Å². The highest BCUT2D eigenvalue weighted by molar-refractivity contribution is 14.1. The Hall–Kier alpha value is -1.13. The molecule has 26 heavy (non-hydrogen) atoms. The monoisotopic (exact) mass is 469 g/mol. The number of aromatic amines is 1. The number of ether oxygens (including phenoxy) is 2. The third kappa shape index (κ3) is 2.77. The summed E-state index contributed by atoms with van der Waals surface area (Å²) in [6, 6.07) is 3.53. The summed E-state index contributed by atoms with van der Waals surface area (Å²) >= 11 is 2.32. The maximum Gasteiger partial charge on any atom is 0.186 e. The molecule has 0 radical (unpaired) electrons. The van der Waals surface area contributed by atoms with Gasteiger partial charge < -0.3 is 19.3 Å². The molecule has 3 unspecified atom stereocenters. The van der Waals surface area contributed by atoms with E-state index in [-0.39, 0.29) is 0 Å². The van der Waals surface area contributed by atoms with Crippen LogP contribution in [0.5, 0.6) is 0 Å². The summed E-state index contributed by atoms with van der Waals surface area (Å²) in [5.41, 5.74) is 2.00. The Morgan fingerprint density at radius 3 is 2.73 bits per heavy atom. The first-order chi connectivity index (χ1) is 12.7. The van der Waals surface area contributed by atoms with E-state index in [0.717, 1.165) is 59.8 Å². The first-order valence-electron chi connectivity index (χ1n) is 9.43. The summed E-state index contributed by atoms with van der Waals surface area (Å²) in [4.78, 5) is 9.75. The Morgan fingerprint density at radius 2 is 2.00 bits per heavy atom. The quantitative estimate of drug-likeness (QED) is 0.698. The molecule has 3 aliphatic rings. The number of likely N-dealkylation sites (N-methyl/N-ethyl adjacent to an activating group) is 1. The van der Waals surface area contributed by atoms with E-state index in [9.17, 15) is 0 Å². The maximum atomic E-state index is 5.75. The van der Waals surface area contributed by atoms with Crippen LogP contribution < -0.4 is 9.80 Å². The zero-order chi connectivity index (χ0) is 17.7. The van der Waals surface area contributed by atoms with Gasteiger partial charge in [0.05, 0.1) is 49.0 Å². The van der Waals surface area contributed by atoms with Gasteiger partial charge in [-0.1, -0.05) is 0 Å². The molecule has 2 bridgehead atoms. The van der Waals surface area contributed by atoms with Crippen molar-refractivity contribution in [2.45, 2.75) is 43.8 Å². The average molecular weight is 469 g/mol. The lowest BCUT2D eigenvalue weighted by Crippen LogP contribution is -2.46. The van der Waals surface area contributed by atoms with Gasteiger partial charge in [0.25, 0.3) is 0 Å². The SMILES string of the molecule is CN(c1cc(N2C3CCC2COC3)nc2n[nH]c(I)c12)C1CCCOC1. The molecule has 0 aromatic carbocycles. The zero-order valence-corrected chi connectivity index (χ0v) is 17.1. The molecule has 2 aromatic heterocycles. The largest absolute Gasteiger partial charge is 0.379 e. The Morgan fingerprint density at radius 1 is 1.19 bits per heavy atom. The fraction of sp³-hybridized carbons (Fsp3) is 0.667. The maximum absolute atomic E-state index is 5.75. The summed E-state index contributed by atoms with van der Waals surface area (Å²) in [6.45, 7) is 3.26. The normalized spacial score (nSPS) is 28.7. The van der Waals surface area contributed by atoms with Crippen molar-refractivity contribution in [3.8, 4) is 0 Å². The molecule has 3 saturated heterocycles. The molecular formula is C18H24IN5O2. The highest BCUT2D eigenvalue weighted by Crippen LogP contribution is 2.38. The van der Waals surface area contributed by atoms with E-state index >= 15 is 0 Å². The van der Waals surface area contributed by atoms with Crippen molar-refractivity contribution in [1.82, 2.24) is 15.2 Å². The highest BCUT2D eigenvalue weighted by Gasteiger charge is 2.39. The summed E-state index contributed by atoms with van der Waals surface area (Å²) in [5.74, 6) is 1.04. The first kappa shape index (κ1) is 17.0. The zero-order valence-electron chi connectivity index (χ0n) is 14.9. The minimum absolute atomic E-state index is 0.398. The van der Waals surface area contributed by atoms with Gasteiger partial charge in [-0.15, -0.1) is 0 Å². The van der Waals surface area contributed by atoms with Gasteiger partial charge in [0.2, 0.25) is 0 Å². The van der Waals surface area contributed by atoms with E-state index < -0.39 is 0 Å². The molecule has 0 saturated carbocycles.